The number of pyridine rings is 1. The van der Waals surface area contributed by atoms with Gasteiger partial charge in [0, 0.05) is 24.8 Å². The Hall–Kier alpha value is -2.70. The van der Waals surface area contributed by atoms with Gasteiger partial charge >= 0.3 is 0 Å². The van der Waals surface area contributed by atoms with Crippen LogP contribution in [0.25, 0.3) is 0 Å². The second-order valence-corrected chi connectivity index (χ2v) is 4.25. The van der Waals surface area contributed by atoms with Crippen molar-refractivity contribution in [2.45, 2.75) is 0 Å². The van der Waals surface area contributed by atoms with Gasteiger partial charge in [0.05, 0.1) is 5.69 Å². The van der Waals surface area contributed by atoms with Gasteiger partial charge in [0.1, 0.15) is 5.82 Å². The van der Waals surface area contributed by atoms with E-state index in [4.69, 9.17) is 5.73 Å². The first-order valence-corrected chi connectivity index (χ1v) is 6.25. The number of anilines is 2. The van der Waals surface area contributed by atoms with Gasteiger partial charge < -0.3 is 16.4 Å². The monoisotopic (exact) mass is 292 g/mol. The summed E-state index contributed by atoms with van der Waals surface area (Å²) in [4.78, 5) is 15.8. The number of amides is 1. The van der Waals surface area contributed by atoms with Gasteiger partial charge in [0.2, 0.25) is 0 Å². The third kappa shape index (κ3) is 3.88. The van der Waals surface area contributed by atoms with Crippen LogP contribution in [0.1, 0.15) is 10.4 Å². The molecule has 5 nitrogen and oxygen atoms in total. The lowest BCUT2D eigenvalue weighted by molar-refractivity contribution is 0.0954. The fourth-order valence-corrected chi connectivity index (χ4v) is 1.66. The number of benzene rings is 1. The molecule has 0 aliphatic heterocycles. The number of hydrogen-bond donors (Lipinski definition) is 3. The summed E-state index contributed by atoms with van der Waals surface area (Å²) in [6.07, 6.45) is 1.60. The Morgan fingerprint density at radius 2 is 2.00 bits per heavy atom. The maximum absolute atomic E-state index is 13.0. The lowest BCUT2D eigenvalue weighted by atomic mass is 10.2. The van der Waals surface area contributed by atoms with Crippen molar-refractivity contribution in [1.82, 2.24) is 10.3 Å². The van der Waals surface area contributed by atoms with E-state index in [0.29, 0.717) is 18.1 Å². The van der Waals surface area contributed by atoms with E-state index >= 15 is 0 Å². The molecule has 0 fully saturated rings. The summed E-state index contributed by atoms with van der Waals surface area (Å²) >= 11 is 0. The maximum atomic E-state index is 13.0. The minimum Gasteiger partial charge on any atom is -0.396 e. The minimum atomic E-state index is -1.05. The second kappa shape index (κ2) is 6.65. The zero-order valence-corrected chi connectivity index (χ0v) is 11.1. The van der Waals surface area contributed by atoms with Gasteiger partial charge in [-0.3, -0.25) is 4.79 Å². The van der Waals surface area contributed by atoms with Gasteiger partial charge in [-0.05, 0) is 30.3 Å². The lowest BCUT2D eigenvalue weighted by Crippen LogP contribution is -2.29. The van der Waals surface area contributed by atoms with Crippen LogP contribution < -0.4 is 16.4 Å². The number of carbonyl (C=O) groups is 1. The molecule has 4 N–H and O–H groups in total. The molecular formula is C14H14F2N4O. The number of nitrogen functional groups attached to an aromatic ring is 1. The van der Waals surface area contributed by atoms with Crippen molar-refractivity contribution in [3.63, 3.8) is 0 Å². The number of halogens is 2. The van der Waals surface area contributed by atoms with E-state index in [1.54, 1.807) is 18.3 Å². The van der Waals surface area contributed by atoms with Crippen molar-refractivity contribution in [2.75, 3.05) is 24.1 Å². The van der Waals surface area contributed by atoms with E-state index in [-0.39, 0.29) is 12.1 Å². The summed E-state index contributed by atoms with van der Waals surface area (Å²) in [6.45, 7) is 0.685. The fourth-order valence-electron chi connectivity index (χ4n) is 1.66. The molecule has 1 heterocycles. The molecule has 0 saturated heterocycles. The summed E-state index contributed by atoms with van der Waals surface area (Å²) in [7, 11) is 0. The molecule has 0 bridgehead atoms. The predicted octanol–water partition coefficient (Wildman–Crippen LogP) is 1.78. The molecule has 0 atom stereocenters. The first-order valence-electron chi connectivity index (χ1n) is 6.25. The van der Waals surface area contributed by atoms with Gasteiger partial charge in [-0.1, -0.05) is 0 Å². The van der Waals surface area contributed by atoms with Crippen molar-refractivity contribution in [3.05, 3.63) is 53.7 Å². The summed E-state index contributed by atoms with van der Waals surface area (Å²) in [5.74, 6) is -2.00. The van der Waals surface area contributed by atoms with Crippen molar-refractivity contribution < 1.29 is 13.6 Å². The molecule has 1 aromatic carbocycles. The number of carbonyl (C=O) groups excluding carboxylic acids is 1. The average Bonchev–Trinajstić information content (AvgIpc) is 2.48. The SMILES string of the molecule is Nc1cccnc1NCCNC(=O)c1ccc(F)c(F)c1. The second-order valence-electron chi connectivity index (χ2n) is 4.25. The van der Waals surface area contributed by atoms with Gasteiger partial charge in [0.25, 0.3) is 5.91 Å². The molecule has 21 heavy (non-hydrogen) atoms. The Labute approximate surface area is 120 Å². The molecule has 1 amide bonds. The standard InChI is InChI=1S/C14H14F2N4O/c15-10-4-3-9(8-11(10)16)14(21)20-7-6-19-13-12(17)2-1-5-18-13/h1-5,8H,6-7,17H2,(H,18,19)(H,20,21). The molecule has 0 unspecified atom stereocenters. The molecule has 0 radical (unpaired) electrons. The third-order valence-electron chi connectivity index (χ3n) is 2.72. The Morgan fingerprint density at radius 3 is 2.71 bits per heavy atom. The van der Waals surface area contributed by atoms with E-state index in [0.717, 1.165) is 12.1 Å². The first kappa shape index (κ1) is 14.7. The average molecular weight is 292 g/mol. The van der Waals surface area contributed by atoms with Gasteiger partial charge in [-0.2, -0.15) is 0 Å². The Morgan fingerprint density at radius 1 is 1.19 bits per heavy atom. The summed E-state index contributed by atoms with van der Waals surface area (Å²) < 4.78 is 25.8. The Bertz CT molecular complexity index is 649. The van der Waals surface area contributed by atoms with Crippen LogP contribution in [0.4, 0.5) is 20.3 Å². The zero-order chi connectivity index (χ0) is 15.2. The lowest BCUT2D eigenvalue weighted by Gasteiger charge is -2.09. The number of nitrogens with two attached hydrogens (primary N) is 1. The van der Waals surface area contributed by atoms with Crippen LogP contribution in [-0.4, -0.2) is 24.0 Å². The van der Waals surface area contributed by atoms with E-state index in [9.17, 15) is 13.6 Å². The maximum Gasteiger partial charge on any atom is 0.251 e. The van der Waals surface area contributed by atoms with Crippen LogP contribution in [0.5, 0.6) is 0 Å². The van der Waals surface area contributed by atoms with Crippen molar-refractivity contribution in [3.8, 4) is 0 Å². The molecule has 0 aliphatic carbocycles. The van der Waals surface area contributed by atoms with Gasteiger partial charge in [-0.15, -0.1) is 0 Å². The van der Waals surface area contributed by atoms with Crippen molar-refractivity contribution in [1.29, 1.82) is 0 Å². The number of rotatable bonds is 5. The molecule has 7 heteroatoms. The van der Waals surface area contributed by atoms with E-state index < -0.39 is 17.5 Å². The van der Waals surface area contributed by atoms with Crippen LogP contribution in [0, 0.1) is 11.6 Å². The molecule has 110 valence electrons. The molecule has 0 aliphatic rings. The van der Waals surface area contributed by atoms with Crippen LogP contribution in [0.15, 0.2) is 36.5 Å². The van der Waals surface area contributed by atoms with E-state index in [2.05, 4.69) is 15.6 Å². The number of nitrogens with zero attached hydrogens (tertiary/aromatic N) is 1. The quantitative estimate of drug-likeness (QED) is 0.734. The number of hydrogen-bond acceptors (Lipinski definition) is 4. The first-order chi connectivity index (χ1) is 10.1. The summed E-state index contributed by atoms with van der Waals surface area (Å²) in [5.41, 5.74) is 6.26. The van der Waals surface area contributed by atoms with Crippen LogP contribution in [-0.2, 0) is 0 Å². The summed E-state index contributed by atoms with van der Waals surface area (Å²) in [6, 6.07) is 6.41. The predicted molar refractivity (Wildman–Crippen MR) is 75.8 cm³/mol. The van der Waals surface area contributed by atoms with Crippen LogP contribution >= 0.6 is 0 Å². The van der Waals surface area contributed by atoms with Crippen LogP contribution in [0.2, 0.25) is 0 Å². The highest BCUT2D eigenvalue weighted by Crippen LogP contribution is 2.12. The van der Waals surface area contributed by atoms with Gasteiger partial charge in [0.15, 0.2) is 11.6 Å². The fraction of sp³-hybridized carbons (Fsp3) is 0.143. The normalized spacial score (nSPS) is 10.2. The Kier molecular flexibility index (Phi) is 4.65. The number of nitrogens with one attached hydrogen (secondary N) is 2. The molecule has 2 rings (SSSR count). The molecule has 2 aromatic rings. The molecular weight excluding hydrogens is 278 g/mol. The van der Waals surface area contributed by atoms with E-state index in [1.165, 1.54) is 6.07 Å². The zero-order valence-electron chi connectivity index (χ0n) is 11.1. The smallest absolute Gasteiger partial charge is 0.251 e. The molecule has 1 aromatic heterocycles. The van der Waals surface area contributed by atoms with Gasteiger partial charge in [-0.25, -0.2) is 13.8 Å². The summed E-state index contributed by atoms with van der Waals surface area (Å²) in [5, 5.41) is 5.53. The highest BCUT2D eigenvalue weighted by Gasteiger charge is 2.09. The molecule has 0 saturated carbocycles. The largest absolute Gasteiger partial charge is 0.396 e. The topological polar surface area (TPSA) is 80.0 Å². The minimum absolute atomic E-state index is 0.0613. The number of aromatic nitrogens is 1. The molecule has 0 spiro atoms. The highest BCUT2D eigenvalue weighted by atomic mass is 19.2. The van der Waals surface area contributed by atoms with Crippen molar-refractivity contribution >= 4 is 17.4 Å². The van der Waals surface area contributed by atoms with Crippen LogP contribution in [0.3, 0.4) is 0 Å². The van der Waals surface area contributed by atoms with E-state index in [1.807, 2.05) is 0 Å². The Balaban J connectivity index is 1.82. The highest BCUT2D eigenvalue weighted by molar-refractivity contribution is 5.94. The third-order valence-corrected chi connectivity index (χ3v) is 2.72. The van der Waals surface area contributed by atoms with Crippen molar-refractivity contribution in [2.24, 2.45) is 0 Å².